The standard InChI is InChI=1S/C10H12F2O.C2H7NO.C2H6.Mg.H2O4S/c11-9-5-4-8(7-10(9)12)3-1-2-6-13;3-1-2-4;1-2;;1-4-5(2)3/h4-5,7,13H,1-3,6H2;4H,1-3H2;1-2H3;;1H,(H,2,3). The maximum absolute atomic E-state index is 12.7. The minimum atomic E-state index is -3.33. The number of unbranched alkanes of at least 4 members (excludes halogenated alkanes) is 1. The zero-order valence-electron chi connectivity index (χ0n) is 14.5. The molecule has 0 saturated heterocycles. The Kier molecular flexibility index (Phi) is 23.7. The number of halogens is 2. The number of aliphatic hydroxyl groups excluding tert-OH is 2. The molecule has 0 spiro atoms. The fourth-order valence-corrected chi connectivity index (χ4v) is 1.14. The summed E-state index contributed by atoms with van der Waals surface area (Å²) >= 11 is 0.671. The van der Waals surface area contributed by atoms with Crippen LogP contribution < -0.4 is 5.73 Å². The summed E-state index contributed by atoms with van der Waals surface area (Å²) in [6.07, 6.45) is 2.17. The predicted molar refractivity (Wildman–Crippen MR) is 94.1 cm³/mol. The van der Waals surface area contributed by atoms with Gasteiger partial charge in [-0.1, -0.05) is 19.9 Å². The third kappa shape index (κ3) is 23.8. The Balaban J connectivity index is -0.000000337. The molecule has 6 N–H and O–H groups in total. The summed E-state index contributed by atoms with van der Waals surface area (Å²) in [4.78, 5) is 0. The van der Waals surface area contributed by atoms with Crippen molar-refractivity contribution in [3.05, 3.63) is 35.4 Å². The predicted octanol–water partition coefficient (Wildman–Crippen LogP) is 1.48. The van der Waals surface area contributed by atoms with Gasteiger partial charge in [0.1, 0.15) is 0 Å². The molecule has 0 aromatic heterocycles. The van der Waals surface area contributed by atoms with E-state index in [1.54, 1.807) is 6.07 Å². The molecule has 1 aromatic rings. The quantitative estimate of drug-likeness (QED) is 0.212. The summed E-state index contributed by atoms with van der Waals surface area (Å²) in [5, 5.41) is 23.6. The number of rotatable bonds is 6. The van der Waals surface area contributed by atoms with Gasteiger partial charge in [0, 0.05) is 13.2 Å². The van der Waals surface area contributed by atoms with E-state index in [0.29, 0.717) is 39.2 Å². The number of aryl methyl sites for hydroxylation is 1. The Labute approximate surface area is 158 Å². The van der Waals surface area contributed by atoms with Crippen LogP contribution in [0.2, 0.25) is 0 Å². The molecule has 1 rings (SSSR count). The van der Waals surface area contributed by atoms with Crippen molar-refractivity contribution in [1.29, 1.82) is 0 Å². The number of hydrogen-bond donors (Lipinski definition) is 5. The van der Waals surface area contributed by atoms with Crippen LogP contribution in [0.25, 0.3) is 0 Å². The molecule has 0 radical (unpaired) electrons. The molecule has 1 unspecified atom stereocenters. The van der Waals surface area contributed by atoms with E-state index in [4.69, 9.17) is 25.8 Å². The first-order valence-corrected chi connectivity index (χ1v) is 10.8. The van der Waals surface area contributed by atoms with E-state index in [1.807, 2.05) is 13.8 Å². The van der Waals surface area contributed by atoms with Gasteiger partial charge < -0.3 is 15.9 Å². The minimum absolute atomic E-state index is 0.0972. The van der Waals surface area contributed by atoms with Crippen LogP contribution >= 0.6 is 0 Å². The molecule has 11 heteroatoms. The maximum atomic E-state index is 12.7. The third-order valence-corrected chi connectivity index (χ3v) is 2.65. The smallest absolute Gasteiger partial charge is 0.159 e. The molecule has 0 amide bonds. The Morgan fingerprint density at radius 3 is 1.96 bits per heavy atom. The summed E-state index contributed by atoms with van der Waals surface area (Å²) in [5.74, 6) is -1.62. The normalized spacial score (nSPS) is 11.6. The van der Waals surface area contributed by atoms with Gasteiger partial charge in [0.25, 0.3) is 0 Å². The summed E-state index contributed by atoms with van der Waals surface area (Å²) < 4.78 is 45.7. The van der Waals surface area contributed by atoms with E-state index in [1.165, 1.54) is 6.07 Å². The van der Waals surface area contributed by atoms with Gasteiger partial charge in [-0.2, -0.15) is 0 Å². The fourth-order valence-electron chi connectivity index (χ4n) is 1.14. The van der Waals surface area contributed by atoms with Gasteiger partial charge in [-0.05, 0) is 37.0 Å². The van der Waals surface area contributed by atoms with E-state index in [2.05, 4.69) is 4.33 Å². The van der Waals surface area contributed by atoms with Gasteiger partial charge in [-0.15, -0.1) is 0 Å². The Bertz CT molecular complexity index is 518. The summed E-state index contributed by atoms with van der Waals surface area (Å²) in [6, 6.07) is 3.89. The van der Waals surface area contributed by atoms with Crippen LogP contribution in [0, 0.1) is 11.6 Å². The molecule has 146 valence electrons. The van der Waals surface area contributed by atoms with Gasteiger partial charge in [-0.3, -0.25) is 0 Å². The van der Waals surface area contributed by atoms with E-state index >= 15 is 0 Å². The van der Waals surface area contributed by atoms with Crippen molar-refractivity contribution in [1.82, 2.24) is 0 Å². The molecule has 0 saturated carbocycles. The Morgan fingerprint density at radius 2 is 1.64 bits per heavy atom. The maximum Gasteiger partial charge on any atom is 0.159 e. The second kappa shape index (κ2) is 20.1. The SMILES string of the molecule is CC.NCCO.O=[S](O)(=[Mg])OO.OCCCCc1ccc(F)c(F)c1. The molecule has 0 aliphatic carbocycles. The van der Waals surface area contributed by atoms with Crippen molar-refractivity contribution in [2.45, 2.75) is 33.1 Å². The summed E-state index contributed by atoms with van der Waals surface area (Å²) in [6.45, 7) is 4.61. The average molecular weight is 400 g/mol. The van der Waals surface area contributed by atoms with E-state index < -0.39 is 19.0 Å². The average Bonchev–Trinajstić information content (AvgIpc) is 2.60. The minimum Gasteiger partial charge on any atom is -0.396 e. The van der Waals surface area contributed by atoms with Gasteiger partial charge in [0.05, 0.1) is 6.61 Å². The molecular weight excluding hydrogens is 373 g/mol. The van der Waals surface area contributed by atoms with Crippen molar-refractivity contribution in [2.24, 2.45) is 5.73 Å². The van der Waals surface area contributed by atoms with Crippen molar-refractivity contribution in [3.63, 3.8) is 0 Å². The van der Waals surface area contributed by atoms with Crippen LogP contribution in [-0.4, -0.2) is 63.8 Å². The molecule has 1 atom stereocenters. The van der Waals surface area contributed by atoms with Crippen LogP contribution in [0.4, 0.5) is 8.78 Å². The summed E-state index contributed by atoms with van der Waals surface area (Å²) in [7, 11) is -3.33. The number of aliphatic hydroxyl groups is 2. The van der Waals surface area contributed by atoms with Gasteiger partial charge in [0.2, 0.25) is 0 Å². The van der Waals surface area contributed by atoms with E-state index in [-0.39, 0.29) is 13.2 Å². The van der Waals surface area contributed by atoms with Gasteiger partial charge in [0.15, 0.2) is 11.6 Å². The molecule has 0 heterocycles. The van der Waals surface area contributed by atoms with Crippen LogP contribution in [0.5, 0.6) is 0 Å². The van der Waals surface area contributed by atoms with E-state index in [9.17, 15) is 13.0 Å². The first-order valence-electron chi connectivity index (χ1n) is 7.50. The largest absolute Gasteiger partial charge is 0.396 e. The zero-order chi connectivity index (χ0) is 20.3. The molecule has 25 heavy (non-hydrogen) atoms. The van der Waals surface area contributed by atoms with Crippen molar-refractivity contribution < 1.29 is 37.3 Å². The monoisotopic (exact) mass is 399 g/mol. The second-order valence-electron chi connectivity index (χ2n) is 4.10. The fraction of sp³-hybridized carbons (Fsp3) is 0.571. The molecule has 0 bridgehead atoms. The number of hydrogen-bond acceptors (Lipinski definition) is 6. The van der Waals surface area contributed by atoms with Crippen molar-refractivity contribution in [2.75, 3.05) is 19.8 Å². The zero-order valence-corrected chi connectivity index (χ0v) is 16.8. The topological polar surface area (TPSA) is 133 Å². The van der Waals surface area contributed by atoms with Crippen molar-refractivity contribution >= 4 is 27.1 Å². The molecule has 1 aromatic carbocycles. The Hall–Kier alpha value is -0.244. The molecule has 0 aliphatic rings. The molecule has 0 aliphatic heterocycles. The van der Waals surface area contributed by atoms with Gasteiger partial charge >= 0.3 is 45.5 Å². The van der Waals surface area contributed by atoms with Crippen LogP contribution in [0.3, 0.4) is 0 Å². The van der Waals surface area contributed by atoms with Crippen LogP contribution in [-0.2, 0) is 18.1 Å². The number of benzene rings is 1. The first-order chi connectivity index (χ1) is 11.7. The molecular formula is C14H27F2MgNO6S. The summed E-state index contributed by atoms with van der Waals surface area (Å²) in [5.41, 5.74) is 5.55. The third-order valence-electron chi connectivity index (χ3n) is 2.10. The first kappa shape index (κ1) is 29.5. The second-order valence-corrected chi connectivity index (χ2v) is 7.60. The molecule has 0 fully saturated rings. The van der Waals surface area contributed by atoms with Crippen molar-refractivity contribution in [3.8, 4) is 0 Å². The van der Waals surface area contributed by atoms with Crippen LogP contribution in [0.1, 0.15) is 32.3 Å². The molecule has 7 nitrogen and oxygen atoms in total. The van der Waals surface area contributed by atoms with Crippen LogP contribution in [0.15, 0.2) is 18.2 Å². The van der Waals surface area contributed by atoms with Gasteiger partial charge in [-0.25, -0.2) is 8.78 Å². The Morgan fingerprint density at radius 1 is 1.16 bits per heavy atom. The number of nitrogens with two attached hydrogens (primary N) is 1. The van der Waals surface area contributed by atoms with E-state index in [0.717, 1.165) is 18.1 Å².